The normalized spacial score (nSPS) is 24.5. The molecule has 2 atom stereocenters. The Kier molecular flexibility index (Phi) is 6.62. The first kappa shape index (κ1) is 17.5. The minimum atomic E-state index is -0.158. The molecule has 23 heavy (non-hydrogen) atoms. The number of benzene rings is 1. The predicted molar refractivity (Wildman–Crippen MR) is 100 cm³/mol. The van der Waals surface area contributed by atoms with Crippen LogP contribution < -0.4 is 0 Å². The van der Waals surface area contributed by atoms with Crippen molar-refractivity contribution in [3.63, 3.8) is 0 Å². The summed E-state index contributed by atoms with van der Waals surface area (Å²) in [5.74, 6) is 0.268. The summed E-state index contributed by atoms with van der Waals surface area (Å²) in [7, 11) is 1.61. The van der Waals surface area contributed by atoms with Crippen LogP contribution >= 0.6 is 30.3 Å². The Morgan fingerprint density at radius 3 is 2.70 bits per heavy atom. The molecule has 0 saturated carbocycles. The predicted octanol–water partition coefficient (Wildman–Crippen LogP) is 4.16. The van der Waals surface area contributed by atoms with Crippen molar-refractivity contribution < 1.29 is 14.3 Å². The number of carbonyl (C=O) groups is 1. The van der Waals surface area contributed by atoms with Crippen LogP contribution in [0.3, 0.4) is 0 Å². The molecule has 6 heteroatoms. The number of hydrogen-bond donors (Lipinski definition) is 0. The number of rotatable bonds is 5. The summed E-state index contributed by atoms with van der Waals surface area (Å²) in [5.41, 5.74) is 1.10. The average Bonchev–Trinajstić information content (AvgIpc) is 3.10. The Balaban J connectivity index is 1.74. The summed E-state index contributed by atoms with van der Waals surface area (Å²) in [6.07, 6.45) is 3.69. The smallest absolute Gasteiger partial charge is 0.324 e. The van der Waals surface area contributed by atoms with E-state index in [1.165, 1.54) is 0 Å². The zero-order chi connectivity index (χ0) is 16.1. The highest BCUT2D eigenvalue weighted by atomic mass is 127. The van der Waals surface area contributed by atoms with Gasteiger partial charge < -0.3 is 9.47 Å². The van der Waals surface area contributed by atoms with Crippen molar-refractivity contribution in [3.8, 4) is 0 Å². The Morgan fingerprint density at radius 1 is 1.26 bits per heavy atom. The molecule has 0 unspecified atom stereocenters. The van der Waals surface area contributed by atoms with E-state index < -0.39 is 0 Å². The quantitative estimate of drug-likeness (QED) is 0.385. The second-order valence-electron chi connectivity index (χ2n) is 6.09. The lowest BCUT2D eigenvalue weighted by Crippen LogP contribution is -2.35. The fraction of sp³-hybridized carbons (Fsp3) is 0.588. The number of hydrogen-bond acceptors (Lipinski definition) is 5. The first-order chi connectivity index (χ1) is 11.3. The maximum atomic E-state index is 12.7. The molecule has 0 spiro atoms. The van der Waals surface area contributed by atoms with E-state index in [0.29, 0.717) is 5.92 Å². The van der Waals surface area contributed by atoms with Crippen molar-refractivity contribution in [2.75, 3.05) is 19.8 Å². The van der Waals surface area contributed by atoms with Crippen LogP contribution in [0.1, 0.15) is 37.4 Å². The third-order valence-electron chi connectivity index (χ3n) is 4.63. The van der Waals surface area contributed by atoms with Gasteiger partial charge in [0.2, 0.25) is 0 Å². The molecule has 0 N–H and O–H groups in total. The van der Waals surface area contributed by atoms with Gasteiger partial charge in [0.1, 0.15) is 12.1 Å². The summed E-state index contributed by atoms with van der Waals surface area (Å²) >= 11 is 2.24. The molecule has 4 nitrogen and oxygen atoms in total. The van der Waals surface area contributed by atoms with Gasteiger partial charge in [-0.05, 0) is 40.4 Å². The molecule has 1 aromatic rings. The molecule has 2 fully saturated rings. The first-order valence-corrected chi connectivity index (χ1v) is 11.5. The molecule has 2 aliphatic heterocycles. The highest BCUT2D eigenvalue weighted by Crippen LogP contribution is 2.36. The van der Waals surface area contributed by atoms with Gasteiger partial charge in [-0.25, -0.2) is 4.31 Å². The van der Waals surface area contributed by atoms with E-state index in [1.54, 1.807) is 9.12 Å². The second kappa shape index (κ2) is 8.69. The van der Waals surface area contributed by atoms with Crippen molar-refractivity contribution in [1.82, 2.24) is 4.31 Å². The Bertz CT molecular complexity index is 510. The molecule has 0 bridgehead atoms. The van der Waals surface area contributed by atoms with Crippen LogP contribution in [-0.2, 0) is 14.3 Å². The van der Waals surface area contributed by atoms with Crippen LogP contribution in [-0.4, -0.2) is 36.1 Å². The summed E-state index contributed by atoms with van der Waals surface area (Å²) in [6, 6.07) is 10.0. The zero-order valence-electron chi connectivity index (χ0n) is 13.0. The zero-order valence-corrected chi connectivity index (χ0v) is 16.0. The molecule has 1 aromatic carbocycles. The maximum Gasteiger partial charge on any atom is 0.324 e. The van der Waals surface area contributed by atoms with E-state index in [-0.39, 0.29) is 18.1 Å². The fourth-order valence-electron chi connectivity index (χ4n) is 3.36. The van der Waals surface area contributed by atoms with Crippen LogP contribution in [0.2, 0.25) is 0 Å². The molecule has 126 valence electrons. The van der Waals surface area contributed by atoms with Crippen molar-refractivity contribution >= 4 is 36.3 Å². The lowest BCUT2D eigenvalue weighted by atomic mass is 9.89. The Morgan fingerprint density at radius 2 is 2.00 bits per heavy atom. The van der Waals surface area contributed by atoms with E-state index in [9.17, 15) is 4.79 Å². The molecule has 2 saturated heterocycles. The van der Waals surface area contributed by atoms with E-state index in [2.05, 4.69) is 37.6 Å². The fourth-order valence-corrected chi connectivity index (χ4v) is 5.26. The number of ether oxygens (including phenoxy) is 2. The minimum absolute atomic E-state index is 0.0768. The second-order valence-corrected chi connectivity index (χ2v) is 7.87. The van der Waals surface area contributed by atoms with Gasteiger partial charge in [-0.3, -0.25) is 4.79 Å². The third kappa shape index (κ3) is 4.41. The van der Waals surface area contributed by atoms with Gasteiger partial charge in [0.15, 0.2) is 0 Å². The van der Waals surface area contributed by atoms with E-state index in [1.807, 2.05) is 18.2 Å². The molecular weight excluding hydrogens is 425 g/mol. The lowest BCUT2D eigenvalue weighted by molar-refractivity contribution is -0.158. The standard InChI is InChI=1S/C17H22INO3S/c18-23-19-10-4-7-15(19)17(20)22-16(13-5-2-1-3-6-13)14-8-11-21-12-9-14/h1-3,5-6,14-16H,4,7-12H2/t15-,16-/m0/s1. The Hall–Kier alpha value is -0.310. The molecule has 0 aliphatic carbocycles. The van der Waals surface area contributed by atoms with Gasteiger partial charge in [0.25, 0.3) is 0 Å². The topological polar surface area (TPSA) is 38.8 Å². The lowest BCUT2D eigenvalue weighted by Gasteiger charge is -2.31. The molecule has 0 aromatic heterocycles. The molecule has 0 amide bonds. The van der Waals surface area contributed by atoms with Crippen LogP contribution in [0, 0.1) is 5.92 Å². The summed E-state index contributed by atoms with van der Waals surface area (Å²) in [4.78, 5) is 12.7. The van der Waals surface area contributed by atoms with Crippen LogP contribution in [0.15, 0.2) is 30.3 Å². The highest BCUT2D eigenvalue weighted by molar-refractivity contribution is 14.2. The molecule has 3 rings (SSSR count). The van der Waals surface area contributed by atoms with Gasteiger partial charge in [-0.2, -0.15) is 0 Å². The van der Waals surface area contributed by atoms with Gasteiger partial charge in [-0.15, -0.1) is 0 Å². The number of esters is 1. The third-order valence-corrected chi connectivity index (χ3v) is 6.76. The minimum Gasteiger partial charge on any atom is -0.456 e. The number of nitrogens with zero attached hydrogens (tertiary/aromatic N) is 1. The van der Waals surface area contributed by atoms with E-state index in [0.717, 1.165) is 51.0 Å². The summed E-state index contributed by atoms with van der Waals surface area (Å²) < 4.78 is 13.6. The highest BCUT2D eigenvalue weighted by Gasteiger charge is 2.36. The van der Waals surface area contributed by atoms with Crippen molar-refractivity contribution in [1.29, 1.82) is 0 Å². The molecule has 2 heterocycles. The van der Waals surface area contributed by atoms with Gasteiger partial charge >= 0.3 is 5.97 Å². The monoisotopic (exact) mass is 447 g/mol. The number of halogens is 1. The van der Waals surface area contributed by atoms with Crippen molar-refractivity contribution in [2.24, 2.45) is 5.92 Å². The largest absolute Gasteiger partial charge is 0.456 e. The molecule has 0 radical (unpaired) electrons. The van der Waals surface area contributed by atoms with Crippen LogP contribution in [0.4, 0.5) is 0 Å². The van der Waals surface area contributed by atoms with E-state index >= 15 is 0 Å². The Labute approximate surface area is 154 Å². The van der Waals surface area contributed by atoms with Crippen LogP contribution in [0.25, 0.3) is 0 Å². The first-order valence-electron chi connectivity index (χ1n) is 8.18. The van der Waals surface area contributed by atoms with Gasteiger partial charge in [0.05, 0.1) is 0 Å². The van der Waals surface area contributed by atoms with Crippen LogP contribution in [0.5, 0.6) is 0 Å². The summed E-state index contributed by atoms with van der Waals surface area (Å²) in [6.45, 7) is 2.47. The van der Waals surface area contributed by atoms with Crippen molar-refractivity contribution in [3.05, 3.63) is 35.9 Å². The van der Waals surface area contributed by atoms with Gasteiger partial charge in [-0.1, -0.05) is 30.3 Å². The maximum absolute atomic E-state index is 12.7. The molecular formula is C17H22INO3S. The summed E-state index contributed by atoms with van der Waals surface area (Å²) in [5, 5.41) is 0. The van der Waals surface area contributed by atoms with E-state index in [4.69, 9.17) is 9.47 Å². The number of carbonyl (C=O) groups excluding carboxylic acids is 1. The SMILES string of the molecule is O=C(O[C@@H](c1ccccc1)C1CCOCC1)[C@@H]1CCCN1SI. The van der Waals surface area contributed by atoms with Crippen molar-refractivity contribution in [2.45, 2.75) is 37.8 Å². The average molecular weight is 447 g/mol. The molecule has 2 aliphatic rings. The van der Waals surface area contributed by atoms with Gasteiger partial charge in [0, 0.05) is 46.9 Å².